The molecule has 0 fully saturated rings. The first kappa shape index (κ1) is 15.9. The lowest BCUT2D eigenvalue weighted by atomic mass is 9.92. The minimum atomic E-state index is -0.617. The molecule has 0 bridgehead atoms. The predicted molar refractivity (Wildman–Crippen MR) is 68.4 cm³/mol. The smallest absolute Gasteiger partial charge is 0.239 e. The van der Waals surface area contributed by atoms with Crippen molar-refractivity contribution in [1.29, 1.82) is 0 Å². The highest BCUT2D eigenvalue weighted by Crippen LogP contribution is 2.16. The van der Waals surface area contributed by atoms with Gasteiger partial charge in [-0.15, -0.1) is 0 Å². The van der Waals surface area contributed by atoms with Crippen LogP contribution in [0.2, 0.25) is 0 Å². The molecule has 0 aromatic carbocycles. The molecule has 100 valence electrons. The fraction of sp³-hybridized carbons (Fsp3) is 0.833. The number of amides is 2. The van der Waals surface area contributed by atoms with E-state index in [1.807, 2.05) is 20.8 Å². The summed E-state index contributed by atoms with van der Waals surface area (Å²) in [4.78, 5) is 25.3. The van der Waals surface area contributed by atoms with Crippen LogP contribution >= 0.6 is 0 Å². The summed E-state index contributed by atoms with van der Waals surface area (Å²) in [6, 6.07) is 0.0822. The number of carbonyl (C=O) groups is 2. The second-order valence-corrected chi connectivity index (χ2v) is 5.13. The van der Waals surface area contributed by atoms with E-state index < -0.39 is 5.41 Å². The molecular weight excluding hydrogens is 218 g/mol. The van der Waals surface area contributed by atoms with E-state index in [1.54, 1.807) is 13.8 Å². The highest BCUT2D eigenvalue weighted by Gasteiger charge is 2.30. The summed E-state index contributed by atoms with van der Waals surface area (Å²) in [5.41, 5.74) is 4.95. The molecule has 5 nitrogen and oxygen atoms in total. The Labute approximate surface area is 104 Å². The SMILES string of the molecule is CCN(CC(=O)NC(C)C)C(=O)C(C)(C)CN. The molecule has 0 rings (SSSR count). The van der Waals surface area contributed by atoms with Gasteiger partial charge in [0.05, 0.1) is 12.0 Å². The Kier molecular flexibility index (Phi) is 6.16. The molecule has 0 atom stereocenters. The lowest BCUT2D eigenvalue weighted by molar-refractivity contribution is -0.142. The van der Waals surface area contributed by atoms with Crippen LogP contribution in [0, 0.1) is 5.41 Å². The summed E-state index contributed by atoms with van der Waals surface area (Å²) in [6.07, 6.45) is 0. The maximum Gasteiger partial charge on any atom is 0.239 e. The van der Waals surface area contributed by atoms with E-state index in [0.29, 0.717) is 6.54 Å². The first-order valence-electron chi connectivity index (χ1n) is 6.03. The Morgan fingerprint density at radius 1 is 1.35 bits per heavy atom. The molecule has 0 aromatic heterocycles. The normalized spacial score (nSPS) is 11.5. The maximum absolute atomic E-state index is 12.1. The molecule has 0 heterocycles. The van der Waals surface area contributed by atoms with Gasteiger partial charge in [-0.05, 0) is 34.6 Å². The van der Waals surface area contributed by atoms with E-state index in [1.165, 1.54) is 4.90 Å². The van der Waals surface area contributed by atoms with Gasteiger partial charge >= 0.3 is 0 Å². The minimum absolute atomic E-state index is 0.0820. The van der Waals surface area contributed by atoms with Crippen molar-refractivity contribution in [2.75, 3.05) is 19.6 Å². The average Bonchev–Trinajstić information content (AvgIpc) is 2.23. The van der Waals surface area contributed by atoms with Gasteiger partial charge in [0.25, 0.3) is 0 Å². The van der Waals surface area contributed by atoms with Crippen molar-refractivity contribution in [2.24, 2.45) is 11.1 Å². The van der Waals surface area contributed by atoms with Crippen molar-refractivity contribution in [3.63, 3.8) is 0 Å². The Balaban J connectivity index is 4.54. The minimum Gasteiger partial charge on any atom is -0.352 e. The van der Waals surface area contributed by atoms with Crippen LogP contribution in [0.1, 0.15) is 34.6 Å². The molecule has 0 aromatic rings. The maximum atomic E-state index is 12.1. The van der Waals surface area contributed by atoms with Gasteiger partial charge in [-0.1, -0.05) is 0 Å². The molecule has 0 aliphatic rings. The molecule has 0 saturated heterocycles. The molecule has 0 spiro atoms. The molecule has 2 amide bonds. The van der Waals surface area contributed by atoms with Gasteiger partial charge < -0.3 is 16.0 Å². The van der Waals surface area contributed by atoms with Gasteiger partial charge in [-0.2, -0.15) is 0 Å². The highest BCUT2D eigenvalue weighted by molar-refractivity contribution is 5.87. The zero-order valence-electron chi connectivity index (χ0n) is 11.5. The van der Waals surface area contributed by atoms with Crippen molar-refractivity contribution in [3.8, 4) is 0 Å². The quantitative estimate of drug-likeness (QED) is 0.706. The van der Waals surface area contributed by atoms with Gasteiger partial charge in [0.15, 0.2) is 0 Å². The summed E-state index contributed by atoms with van der Waals surface area (Å²) in [5.74, 6) is -0.218. The second-order valence-electron chi connectivity index (χ2n) is 5.13. The molecule has 0 unspecified atom stereocenters. The van der Waals surface area contributed by atoms with Crippen LogP contribution in [-0.4, -0.2) is 42.4 Å². The molecule has 5 heteroatoms. The number of hydrogen-bond acceptors (Lipinski definition) is 3. The molecular formula is C12H25N3O2. The van der Waals surface area contributed by atoms with Crippen LogP contribution in [0.3, 0.4) is 0 Å². The van der Waals surface area contributed by atoms with E-state index in [-0.39, 0.29) is 30.9 Å². The summed E-state index contributed by atoms with van der Waals surface area (Å²) >= 11 is 0. The first-order chi connectivity index (χ1) is 7.74. The summed E-state index contributed by atoms with van der Waals surface area (Å²) in [6.45, 7) is 10.1. The molecule has 3 N–H and O–H groups in total. The van der Waals surface area contributed by atoms with Crippen LogP contribution in [0.5, 0.6) is 0 Å². The molecule has 17 heavy (non-hydrogen) atoms. The Morgan fingerprint density at radius 2 is 1.88 bits per heavy atom. The van der Waals surface area contributed by atoms with Crippen molar-refractivity contribution in [2.45, 2.75) is 40.7 Å². The van der Waals surface area contributed by atoms with Crippen molar-refractivity contribution < 1.29 is 9.59 Å². The second kappa shape index (κ2) is 6.59. The monoisotopic (exact) mass is 243 g/mol. The van der Waals surface area contributed by atoms with E-state index in [2.05, 4.69) is 5.32 Å². The van der Waals surface area contributed by atoms with Crippen molar-refractivity contribution in [3.05, 3.63) is 0 Å². The number of likely N-dealkylation sites (N-methyl/N-ethyl adjacent to an activating group) is 1. The average molecular weight is 243 g/mol. The lowest BCUT2D eigenvalue weighted by Gasteiger charge is -2.30. The van der Waals surface area contributed by atoms with Gasteiger partial charge in [0.2, 0.25) is 11.8 Å². The Morgan fingerprint density at radius 3 is 2.24 bits per heavy atom. The van der Waals surface area contributed by atoms with Crippen LogP contribution < -0.4 is 11.1 Å². The predicted octanol–water partition coefficient (Wildman–Crippen LogP) is 0.344. The van der Waals surface area contributed by atoms with E-state index in [0.717, 1.165) is 0 Å². The Bertz CT molecular complexity index is 275. The van der Waals surface area contributed by atoms with Crippen molar-refractivity contribution >= 4 is 11.8 Å². The number of nitrogens with zero attached hydrogens (tertiary/aromatic N) is 1. The fourth-order valence-electron chi connectivity index (χ4n) is 1.38. The van der Waals surface area contributed by atoms with Gasteiger partial charge in [-0.3, -0.25) is 9.59 Å². The Hall–Kier alpha value is -1.10. The molecule has 0 aliphatic carbocycles. The van der Waals surface area contributed by atoms with E-state index in [9.17, 15) is 9.59 Å². The zero-order chi connectivity index (χ0) is 13.6. The third-order valence-electron chi connectivity index (χ3n) is 2.54. The molecule has 0 aliphatic heterocycles. The largest absolute Gasteiger partial charge is 0.352 e. The standard InChI is InChI=1S/C12H25N3O2/c1-6-15(7-10(16)14-9(2)3)11(17)12(4,5)8-13/h9H,6-8,13H2,1-5H3,(H,14,16). The third kappa shape index (κ3) is 5.17. The number of carbonyl (C=O) groups excluding carboxylic acids is 2. The van der Waals surface area contributed by atoms with Crippen LogP contribution in [0.25, 0.3) is 0 Å². The van der Waals surface area contributed by atoms with Gasteiger partial charge in [0.1, 0.15) is 0 Å². The van der Waals surface area contributed by atoms with Crippen LogP contribution in [-0.2, 0) is 9.59 Å². The number of nitrogens with two attached hydrogens (primary N) is 1. The number of rotatable bonds is 6. The van der Waals surface area contributed by atoms with E-state index in [4.69, 9.17) is 5.73 Å². The lowest BCUT2D eigenvalue weighted by Crippen LogP contribution is -2.49. The van der Waals surface area contributed by atoms with Crippen molar-refractivity contribution in [1.82, 2.24) is 10.2 Å². The van der Waals surface area contributed by atoms with Gasteiger partial charge in [0, 0.05) is 19.1 Å². The summed E-state index contributed by atoms with van der Waals surface area (Å²) in [5, 5.41) is 2.77. The summed E-state index contributed by atoms with van der Waals surface area (Å²) < 4.78 is 0. The number of nitrogens with one attached hydrogen (secondary N) is 1. The fourth-order valence-corrected chi connectivity index (χ4v) is 1.38. The summed E-state index contributed by atoms with van der Waals surface area (Å²) in [7, 11) is 0. The van der Waals surface area contributed by atoms with Gasteiger partial charge in [-0.25, -0.2) is 0 Å². The molecule has 0 radical (unpaired) electrons. The zero-order valence-corrected chi connectivity index (χ0v) is 11.5. The highest BCUT2D eigenvalue weighted by atomic mass is 16.2. The topological polar surface area (TPSA) is 75.4 Å². The van der Waals surface area contributed by atoms with E-state index >= 15 is 0 Å². The molecule has 0 saturated carbocycles. The van der Waals surface area contributed by atoms with Crippen LogP contribution in [0.4, 0.5) is 0 Å². The third-order valence-corrected chi connectivity index (χ3v) is 2.54. The van der Waals surface area contributed by atoms with Crippen LogP contribution in [0.15, 0.2) is 0 Å². The first-order valence-corrected chi connectivity index (χ1v) is 6.03. The number of hydrogen-bond donors (Lipinski definition) is 2.